The van der Waals surface area contributed by atoms with Gasteiger partial charge in [0, 0.05) is 51.1 Å². The minimum Gasteiger partial charge on any atom is -0.378 e. The van der Waals surface area contributed by atoms with Crippen LogP contribution in [0.4, 0.5) is 5.69 Å². The zero-order chi connectivity index (χ0) is 16.7. The Morgan fingerprint density at radius 1 is 1.22 bits per heavy atom. The second kappa shape index (κ2) is 8.36. The van der Waals surface area contributed by atoms with Crippen LogP contribution in [-0.4, -0.2) is 29.8 Å². The normalized spacial score (nSPS) is 10.6. The Balaban J connectivity index is 1.74. The van der Waals surface area contributed by atoms with Crippen LogP contribution in [-0.2, 0) is 24.3 Å². The van der Waals surface area contributed by atoms with E-state index in [0.717, 1.165) is 24.9 Å². The summed E-state index contributed by atoms with van der Waals surface area (Å²) in [7, 11) is 4.04. The third-order valence-electron chi connectivity index (χ3n) is 3.72. The van der Waals surface area contributed by atoms with E-state index in [1.54, 1.807) is 0 Å². The lowest BCUT2D eigenvalue weighted by Crippen LogP contribution is -2.22. The van der Waals surface area contributed by atoms with Crippen LogP contribution in [0.15, 0.2) is 36.7 Å². The van der Waals surface area contributed by atoms with E-state index in [1.165, 1.54) is 11.3 Å². The molecule has 2 aromatic rings. The Hall–Kier alpha value is -2.30. The van der Waals surface area contributed by atoms with Gasteiger partial charge in [-0.15, -0.1) is 0 Å². The summed E-state index contributed by atoms with van der Waals surface area (Å²) in [5, 5.41) is 7.21. The number of rotatable bonds is 8. The highest BCUT2D eigenvalue weighted by Crippen LogP contribution is 2.13. The van der Waals surface area contributed by atoms with Crippen LogP contribution in [0.1, 0.15) is 30.9 Å². The zero-order valence-electron chi connectivity index (χ0n) is 14.2. The predicted octanol–water partition coefficient (Wildman–Crippen LogP) is 2.61. The Morgan fingerprint density at radius 2 is 1.96 bits per heavy atom. The molecule has 1 aromatic heterocycles. The summed E-state index contributed by atoms with van der Waals surface area (Å²) in [5.74, 6) is 0.0740. The second-order valence-electron chi connectivity index (χ2n) is 5.95. The van der Waals surface area contributed by atoms with E-state index in [4.69, 9.17) is 0 Å². The standard InChI is InChI=1S/C18H26N4O/c1-4-11-22-14-16(13-20-22)12-19-18(23)10-7-15-5-8-17(9-6-15)21(2)3/h5-6,8-9,13-14H,4,7,10-12H2,1-3H3,(H,19,23). The monoisotopic (exact) mass is 314 g/mol. The van der Waals surface area contributed by atoms with Gasteiger partial charge < -0.3 is 10.2 Å². The molecule has 0 fully saturated rings. The van der Waals surface area contributed by atoms with Crippen molar-refractivity contribution in [2.24, 2.45) is 0 Å². The highest BCUT2D eigenvalue weighted by atomic mass is 16.1. The molecule has 1 N–H and O–H groups in total. The van der Waals surface area contributed by atoms with Gasteiger partial charge in [-0.3, -0.25) is 9.48 Å². The molecular weight excluding hydrogens is 288 g/mol. The van der Waals surface area contributed by atoms with E-state index in [1.807, 2.05) is 31.2 Å². The molecule has 0 aliphatic carbocycles. The summed E-state index contributed by atoms with van der Waals surface area (Å²) in [4.78, 5) is 14.0. The SMILES string of the molecule is CCCn1cc(CNC(=O)CCc2ccc(N(C)C)cc2)cn1. The molecule has 0 aliphatic heterocycles. The number of carbonyl (C=O) groups excluding carboxylic acids is 1. The average Bonchev–Trinajstić information content (AvgIpc) is 2.99. The third kappa shape index (κ3) is 5.43. The van der Waals surface area contributed by atoms with Crippen LogP contribution in [0.2, 0.25) is 0 Å². The van der Waals surface area contributed by atoms with Gasteiger partial charge in [0.25, 0.3) is 0 Å². The number of carbonyl (C=O) groups is 1. The molecule has 1 heterocycles. The van der Waals surface area contributed by atoms with Crippen molar-refractivity contribution >= 4 is 11.6 Å². The van der Waals surface area contributed by atoms with Gasteiger partial charge >= 0.3 is 0 Å². The number of hydrogen-bond acceptors (Lipinski definition) is 3. The fraction of sp³-hybridized carbons (Fsp3) is 0.444. The molecule has 0 atom stereocenters. The average molecular weight is 314 g/mol. The lowest BCUT2D eigenvalue weighted by molar-refractivity contribution is -0.121. The van der Waals surface area contributed by atoms with Crippen molar-refractivity contribution < 1.29 is 4.79 Å². The Bertz CT molecular complexity index is 616. The van der Waals surface area contributed by atoms with Gasteiger partial charge in [0.05, 0.1) is 6.20 Å². The molecule has 23 heavy (non-hydrogen) atoms. The molecule has 2 rings (SSSR count). The van der Waals surface area contributed by atoms with Crippen molar-refractivity contribution in [2.75, 3.05) is 19.0 Å². The minimum atomic E-state index is 0.0740. The van der Waals surface area contributed by atoms with E-state index in [-0.39, 0.29) is 5.91 Å². The molecule has 0 unspecified atom stereocenters. The number of benzene rings is 1. The number of amides is 1. The first-order chi connectivity index (χ1) is 11.1. The molecule has 0 radical (unpaired) electrons. The summed E-state index contributed by atoms with van der Waals surface area (Å²) >= 11 is 0. The number of nitrogens with one attached hydrogen (secondary N) is 1. The molecule has 1 aromatic carbocycles. The minimum absolute atomic E-state index is 0.0740. The van der Waals surface area contributed by atoms with Gasteiger partial charge in [-0.05, 0) is 30.5 Å². The topological polar surface area (TPSA) is 50.2 Å². The number of aromatic nitrogens is 2. The number of hydrogen-bond donors (Lipinski definition) is 1. The Labute approximate surface area is 138 Å². The molecule has 5 heteroatoms. The molecule has 1 amide bonds. The maximum Gasteiger partial charge on any atom is 0.220 e. The maximum absolute atomic E-state index is 12.0. The molecule has 0 aliphatic rings. The first kappa shape index (κ1) is 17.1. The number of anilines is 1. The molecule has 0 spiro atoms. The first-order valence-corrected chi connectivity index (χ1v) is 8.12. The summed E-state index contributed by atoms with van der Waals surface area (Å²) < 4.78 is 1.91. The maximum atomic E-state index is 12.0. The van der Waals surface area contributed by atoms with Crippen molar-refractivity contribution in [3.05, 3.63) is 47.8 Å². The number of nitrogens with zero attached hydrogens (tertiary/aromatic N) is 3. The lowest BCUT2D eigenvalue weighted by Gasteiger charge is -2.12. The van der Waals surface area contributed by atoms with Crippen molar-refractivity contribution in [1.29, 1.82) is 0 Å². The van der Waals surface area contributed by atoms with E-state index in [2.05, 4.69) is 46.5 Å². The van der Waals surface area contributed by atoms with Crippen molar-refractivity contribution in [1.82, 2.24) is 15.1 Å². The molecule has 0 bridgehead atoms. The Morgan fingerprint density at radius 3 is 2.61 bits per heavy atom. The summed E-state index contributed by atoms with van der Waals surface area (Å²) in [6, 6.07) is 8.32. The van der Waals surface area contributed by atoms with Crippen LogP contribution in [0.5, 0.6) is 0 Å². The Kier molecular flexibility index (Phi) is 6.20. The van der Waals surface area contributed by atoms with Gasteiger partial charge in [0.15, 0.2) is 0 Å². The van der Waals surface area contributed by atoms with Gasteiger partial charge in [0.2, 0.25) is 5.91 Å². The third-order valence-corrected chi connectivity index (χ3v) is 3.72. The second-order valence-corrected chi connectivity index (χ2v) is 5.95. The van der Waals surface area contributed by atoms with Crippen LogP contribution in [0, 0.1) is 0 Å². The number of aryl methyl sites for hydroxylation is 2. The van der Waals surface area contributed by atoms with E-state index < -0.39 is 0 Å². The van der Waals surface area contributed by atoms with Gasteiger partial charge in [0.1, 0.15) is 0 Å². The van der Waals surface area contributed by atoms with Crippen LogP contribution in [0.3, 0.4) is 0 Å². The molecule has 5 nitrogen and oxygen atoms in total. The van der Waals surface area contributed by atoms with E-state index >= 15 is 0 Å². The summed E-state index contributed by atoms with van der Waals surface area (Å²) in [6.45, 7) is 3.58. The molecule has 0 saturated heterocycles. The van der Waals surface area contributed by atoms with Crippen molar-refractivity contribution in [2.45, 2.75) is 39.3 Å². The highest BCUT2D eigenvalue weighted by Gasteiger charge is 2.04. The fourth-order valence-electron chi connectivity index (χ4n) is 2.36. The summed E-state index contributed by atoms with van der Waals surface area (Å²) in [5.41, 5.74) is 3.39. The van der Waals surface area contributed by atoms with Crippen LogP contribution in [0.25, 0.3) is 0 Å². The highest BCUT2D eigenvalue weighted by molar-refractivity contribution is 5.76. The van der Waals surface area contributed by atoms with Crippen molar-refractivity contribution in [3.63, 3.8) is 0 Å². The molecule has 124 valence electrons. The fourth-order valence-corrected chi connectivity index (χ4v) is 2.36. The van der Waals surface area contributed by atoms with E-state index in [0.29, 0.717) is 13.0 Å². The smallest absolute Gasteiger partial charge is 0.220 e. The van der Waals surface area contributed by atoms with Gasteiger partial charge in [-0.1, -0.05) is 19.1 Å². The van der Waals surface area contributed by atoms with Crippen LogP contribution < -0.4 is 10.2 Å². The first-order valence-electron chi connectivity index (χ1n) is 8.12. The largest absolute Gasteiger partial charge is 0.378 e. The van der Waals surface area contributed by atoms with Gasteiger partial charge in [-0.2, -0.15) is 5.10 Å². The predicted molar refractivity (Wildman–Crippen MR) is 93.5 cm³/mol. The summed E-state index contributed by atoms with van der Waals surface area (Å²) in [6.07, 6.45) is 6.12. The lowest BCUT2D eigenvalue weighted by atomic mass is 10.1. The van der Waals surface area contributed by atoms with Gasteiger partial charge in [-0.25, -0.2) is 0 Å². The molecular formula is C18H26N4O. The quantitative estimate of drug-likeness (QED) is 0.815. The van der Waals surface area contributed by atoms with Crippen LogP contribution >= 0.6 is 0 Å². The van der Waals surface area contributed by atoms with Crippen molar-refractivity contribution in [3.8, 4) is 0 Å². The molecule has 0 saturated carbocycles. The zero-order valence-corrected chi connectivity index (χ0v) is 14.2. The van der Waals surface area contributed by atoms with E-state index in [9.17, 15) is 4.79 Å².